The summed E-state index contributed by atoms with van der Waals surface area (Å²) in [5.74, 6) is 0.0985. The maximum atomic E-state index is 13.6. The summed E-state index contributed by atoms with van der Waals surface area (Å²) in [5, 5.41) is 7.19. The summed E-state index contributed by atoms with van der Waals surface area (Å²) in [5.41, 5.74) is 3.54. The first-order valence-corrected chi connectivity index (χ1v) is 11.2. The summed E-state index contributed by atoms with van der Waals surface area (Å²) < 4.78 is 27.1. The van der Waals surface area contributed by atoms with Gasteiger partial charge in [0.15, 0.2) is 5.82 Å². The van der Waals surface area contributed by atoms with Crippen LogP contribution in [-0.2, 0) is 0 Å². The maximum absolute atomic E-state index is 13.6. The normalized spacial score (nSPS) is 15.1. The van der Waals surface area contributed by atoms with Gasteiger partial charge in [-0.1, -0.05) is 18.2 Å². The van der Waals surface area contributed by atoms with Gasteiger partial charge in [0.25, 0.3) is 0 Å². The number of aromatic nitrogens is 5. The molecule has 0 bridgehead atoms. The van der Waals surface area contributed by atoms with Crippen molar-refractivity contribution in [3.05, 3.63) is 78.4 Å². The highest BCUT2D eigenvalue weighted by molar-refractivity contribution is 6.02. The zero-order valence-corrected chi connectivity index (χ0v) is 18.5. The summed E-state index contributed by atoms with van der Waals surface area (Å²) in [6.45, 7) is 3.37. The lowest BCUT2D eigenvalue weighted by atomic mass is 9.97. The molecule has 0 amide bonds. The van der Waals surface area contributed by atoms with E-state index in [0.717, 1.165) is 60.1 Å². The molecule has 4 aromatic rings. The van der Waals surface area contributed by atoms with Crippen molar-refractivity contribution >= 4 is 33.9 Å². The third-order valence-corrected chi connectivity index (χ3v) is 5.90. The van der Waals surface area contributed by atoms with Crippen molar-refractivity contribution < 1.29 is 8.78 Å². The third kappa shape index (κ3) is 4.19. The van der Waals surface area contributed by atoms with Crippen LogP contribution in [0.15, 0.2) is 61.1 Å². The van der Waals surface area contributed by atoms with Gasteiger partial charge in [0.2, 0.25) is 5.95 Å². The van der Waals surface area contributed by atoms with Crippen LogP contribution < -0.4 is 15.5 Å². The molecule has 0 aromatic carbocycles. The molecule has 1 saturated heterocycles. The Labute approximate surface area is 199 Å². The van der Waals surface area contributed by atoms with Crippen LogP contribution in [0.25, 0.3) is 27.9 Å². The molecule has 35 heavy (non-hydrogen) atoms. The van der Waals surface area contributed by atoms with Gasteiger partial charge < -0.3 is 15.5 Å². The molecule has 8 nitrogen and oxygen atoms in total. The first kappa shape index (κ1) is 21.2. The molecule has 1 fully saturated rings. The number of piperazine rings is 1. The van der Waals surface area contributed by atoms with Crippen molar-refractivity contribution in [1.29, 1.82) is 0 Å². The average Bonchev–Trinajstić information content (AvgIpc) is 2.82. The fourth-order valence-corrected chi connectivity index (χ4v) is 4.19. The zero-order chi connectivity index (χ0) is 23.8. The van der Waals surface area contributed by atoms with Crippen LogP contribution in [0.2, 0.25) is 0 Å². The molecule has 0 radical (unpaired) electrons. The standard InChI is InChI=1S/C25H20F2N8/c26-17-11-20(27)32-22(12-17)33-21-10-16(4-5-30-21)24-31-19-14-29-13-18(15-2-1-3-15)23(19)25(34-24)35-8-6-28-7-9-35/h1-5,10-14,28H,6-9H2,(H,30,32,33). The molecule has 1 aliphatic heterocycles. The van der Waals surface area contributed by atoms with E-state index in [1.807, 2.05) is 12.3 Å². The minimum atomic E-state index is -0.915. The number of rotatable bonds is 5. The molecular formula is C25H20F2N8. The molecule has 2 aliphatic rings. The van der Waals surface area contributed by atoms with Crippen molar-refractivity contribution in [1.82, 2.24) is 30.2 Å². The van der Waals surface area contributed by atoms with Crippen LogP contribution in [0.5, 0.6) is 0 Å². The number of nitrogens with one attached hydrogen (secondary N) is 2. The monoisotopic (exact) mass is 470 g/mol. The number of anilines is 3. The van der Waals surface area contributed by atoms with Crippen LogP contribution in [0.4, 0.5) is 26.2 Å². The van der Waals surface area contributed by atoms with E-state index in [0.29, 0.717) is 23.3 Å². The Hall–Kier alpha value is -4.31. The summed E-state index contributed by atoms with van der Waals surface area (Å²) in [4.78, 5) is 24.4. The number of pyridine rings is 3. The average molecular weight is 470 g/mol. The number of halogens is 2. The Bertz CT molecular complexity index is 1470. The highest BCUT2D eigenvalue weighted by atomic mass is 19.1. The van der Waals surface area contributed by atoms with E-state index in [4.69, 9.17) is 9.97 Å². The van der Waals surface area contributed by atoms with Gasteiger partial charge in [-0.2, -0.15) is 4.39 Å². The highest BCUT2D eigenvalue weighted by Crippen LogP contribution is 2.35. The topological polar surface area (TPSA) is 91.8 Å². The maximum Gasteiger partial charge on any atom is 0.217 e. The van der Waals surface area contributed by atoms with E-state index < -0.39 is 11.8 Å². The second-order valence-corrected chi connectivity index (χ2v) is 8.22. The largest absolute Gasteiger partial charge is 0.353 e. The number of hydrogen-bond donors (Lipinski definition) is 2. The fourth-order valence-electron chi connectivity index (χ4n) is 4.19. The van der Waals surface area contributed by atoms with E-state index in [2.05, 4.69) is 42.6 Å². The molecule has 6 rings (SSSR count). The van der Waals surface area contributed by atoms with E-state index in [1.165, 1.54) is 0 Å². The fraction of sp³-hybridized carbons (Fsp3) is 0.160. The Morgan fingerprint density at radius 3 is 2.60 bits per heavy atom. The molecule has 2 N–H and O–H groups in total. The lowest BCUT2D eigenvalue weighted by Gasteiger charge is -2.30. The molecule has 5 heterocycles. The number of allylic oxidation sites excluding steroid dienone is 4. The number of hydrogen-bond acceptors (Lipinski definition) is 8. The van der Waals surface area contributed by atoms with Gasteiger partial charge in [-0.25, -0.2) is 24.3 Å². The summed E-state index contributed by atoms with van der Waals surface area (Å²) >= 11 is 0. The molecule has 174 valence electrons. The molecular weight excluding hydrogens is 450 g/mol. The highest BCUT2D eigenvalue weighted by Gasteiger charge is 2.21. The van der Waals surface area contributed by atoms with Gasteiger partial charge >= 0.3 is 0 Å². The van der Waals surface area contributed by atoms with Crippen LogP contribution >= 0.6 is 0 Å². The van der Waals surface area contributed by atoms with Crippen LogP contribution in [-0.4, -0.2) is 51.1 Å². The minimum absolute atomic E-state index is 0.0174. The van der Waals surface area contributed by atoms with Crippen molar-refractivity contribution in [2.75, 3.05) is 36.4 Å². The molecule has 0 saturated carbocycles. The summed E-state index contributed by atoms with van der Waals surface area (Å²) in [6.07, 6.45) is 11.3. The third-order valence-electron chi connectivity index (χ3n) is 5.90. The van der Waals surface area contributed by atoms with Crippen molar-refractivity contribution in [2.24, 2.45) is 0 Å². The molecule has 1 aliphatic carbocycles. The van der Waals surface area contributed by atoms with Crippen LogP contribution in [0.1, 0.15) is 5.56 Å². The minimum Gasteiger partial charge on any atom is -0.353 e. The quantitative estimate of drug-likeness (QED) is 0.425. The first-order valence-electron chi connectivity index (χ1n) is 11.2. The summed E-state index contributed by atoms with van der Waals surface area (Å²) in [7, 11) is 0. The van der Waals surface area contributed by atoms with Gasteiger partial charge in [-0.3, -0.25) is 4.98 Å². The van der Waals surface area contributed by atoms with Gasteiger partial charge in [0.05, 0.1) is 17.1 Å². The Morgan fingerprint density at radius 2 is 1.83 bits per heavy atom. The Kier molecular flexibility index (Phi) is 5.34. The molecule has 10 heteroatoms. The van der Waals surface area contributed by atoms with Gasteiger partial charge in [0, 0.05) is 61.8 Å². The predicted molar refractivity (Wildman–Crippen MR) is 130 cm³/mol. The lowest BCUT2D eigenvalue weighted by molar-refractivity contribution is 0.554. The number of fused-ring (bicyclic) bond motifs is 1. The van der Waals surface area contributed by atoms with Gasteiger partial charge in [0.1, 0.15) is 23.3 Å². The summed E-state index contributed by atoms with van der Waals surface area (Å²) in [6, 6.07) is 5.33. The predicted octanol–water partition coefficient (Wildman–Crippen LogP) is 3.87. The Balaban J connectivity index is 1.44. The van der Waals surface area contributed by atoms with Gasteiger partial charge in [-0.15, -0.1) is 0 Å². The van der Waals surface area contributed by atoms with Crippen molar-refractivity contribution in [3.63, 3.8) is 0 Å². The van der Waals surface area contributed by atoms with Crippen LogP contribution in [0, 0.1) is 11.8 Å². The van der Waals surface area contributed by atoms with E-state index in [-0.39, 0.29) is 5.82 Å². The van der Waals surface area contributed by atoms with E-state index in [1.54, 1.807) is 24.5 Å². The Morgan fingerprint density at radius 1 is 0.971 bits per heavy atom. The van der Waals surface area contributed by atoms with Gasteiger partial charge in [-0.05, 0) is 17.7 Å². The van der Waals surface area contributed by atoms with Crippen LogP contribution in [0.3, 0.4) is 0 Å². The SMILES string of the molecule is Fc1cc(F)nc(Nc2cc(-c3nc(N4CCNCC4)c4c(C5=CC=C5)cncc4n3)ccn2)c1. The molecule has 0 unspecified atom stereocenters. The number of nitrogens with zero attached hydrogens (tertiary/aromatic N) is 6. The lowest BCUT2D eigenvalue weighted by Crippen LogP contribution is -2.44. The molecule has 0 spiro atoms. The van der Waals surface area contributed by atoms with E-state index >= 15 is 0 Å². The van der Waals surface area contributed by atoms with Crippen molar-refractivity contribution in [2.45, 2.75) is 0 Å². The smallest absolute Gasteiger partial charge is 0.217 e. The van der Waals surface area contributed by atoms with Crippen molar-refractivity contribution in [3.8, 4) is 11.4 Å². The first-order chi connectivity index (χ1) is 17.1. The van der Waals surface area contributed by atoms with E-state index in [9.17, 15) is 8.78 Å². The zero-order valence-electron chi connectivity index (χ0n) is 18.5. The second-order valence-electron chi connectivity index (χ2n) is 8.22. The molecule has 0 atom stereocenters. The second kappa shape index (κ2) is 8.80. The molecule has 4 aromatic heterocycles.